The molecule has 0 atom stereocenters. The van der Waals surface area contributed by atoms with E-state index in [9.17, 15) is 4.79 Å². The number of alkyl halides is 1. The number of hydrogen-bond donors (Lipinski definition) is 1. The van der Waals surface area contributed by atoms with Crippen molar-refractivity contribution in [3.8, 4) is 6.07 Å². The lowest BCUT2D eigenvalue weighted by molar-refractivity contribution is 0.0903. The normalized spacial score (nSPS) is 10.8. The van der Waals surface area contributed by atoms with Gasteiger partial charge in [-0.3, -0.25) is 4.79 Å². The molecule has 0 aliphatic carbocycles. The van der Waals surface area contributed by atoms with Gasteiger partial charge in [0, 0.05) is 16.4 Å². The third-order valence-electron chi connectivity index (χ3n) is 3.26. The number of rotatable bonds is 5. The molecule has 0 aliphatic rings. The lowest BCUT2D eigenvalue weighted by Crippen LogP contribution is -2.49. The van der Waals surface area contributed by atoms with E-state index in [0.717, 1.165) is 18.2 Å². The average molecular weight is 309 g/mol. The van der Waals surface area contributed by atoms with Crippen molar-refractivity contribution in [1.82, 2.24) is 5.32 Å². The van der Waals surface area contributed by atoms with Crippen LogP contribution in [0.25, 0.3) is 0 Å². The largest absolute Gasteiger partial charge is 0.346 e. The van der Waals surface area contributed by atoms with E-state index >= 15 is 0 Å². The lowest BCUT2D eigenvalue weighted by Gasteiger charge is -2.30. The van der Waals surface area contributed by atoms with E-state index < -0.39 is 0 Å². The van der Waals surface area contributed by atoms with Gasteiger partial charge in [-0.05, 0) is 37.1 Å². The second-order valence-electron chi connectivity index (χ2n) is 4.26. The SMILES string of the molecule is CCC(CC)(CBr)NC(=O)c1ccc(C#N)cc1. The summed E-state index contributed by atoms with van der Waals surface area (Å²) in [5.74, 6) is -0.0948. The number of nitrogens with zero attached hydrogens (tertiary/aromatic N) is 1. The lowest BCUT2D eigenvalue weighted by atomic mass is 9.95. The Kier molecular flexibility index (Phi) is 5.36. The van der Waals surface area contributed by atoms with Crippen LogP contribution in [-0.2, 0) is 0 Å². The van der Waals surface area contributed by atoms with Crippen LogP contribution in [0.15, 0.2) is 24.3 Å². The van der Waals surface area contributed by atoms with E-state index in [4.69, 9.17) is 5.26 Å². The van der Waals surface area contributed by atoms with Gasteiger partial charge in [0.1, 0.15) is 0 Å². The zero-order valence-electron chi connectivity index (χ0n) is 10.7. The molecule has 1 aromatic carbocycles. The first-order valence-corrected chi connectivity index (χ1v) is 7.11. The molecule has 0 bridgehead atoms. The Labute approximate surface area is 116 Å². The minimum Gasteiger partial charge on any atom is -0.346 e. The fourth-order valence-corrected chi connectivity index (χ4v) is 2.59. The van der Waals surface area contributed by atoms with Gasteiger partial charge in [-0.1, -0.05) is 29.8 Å². The van der Waals surface area contributed by atoms with Crippen LogP contribution < -0.4 is 5.32 Å². The summed E-state index contributed by atoms with van der Waals surface area (Å²) in [7, 11) is 0. The Morgan fingerprint density at radius 3 is 2.28 bits per heavy atom. The molecule has 0 heterocycles. The number of carbonyl (C=O) groups is 1. The van der Waals surface area contributed by atoms with Gasteiger partial charge in [0.05, 0.1) is 11.6 Å². The summed E-state index contributed by atoms with van der Waals surface area (Å²) < 4.78 is 0. The van der Waals surface area contributed by atoms with Crippen LogP contribution in [0.2, 0.25) is 0 Å². The van der Waals surface area contributed by atoms with Gasteiger partial charge in [-0.25, -0.2) is 0 Å². The Hall–Kier alpha value is -1.34. The molecule has 1 rings (SSSR count). The van der Waals surface area contributed by atoms with E-state index in [1.54, 1.807) is 24.3 Å². The summed E-state index contributed by atoms with van der Waals surface area (Å²) in [6.07, 6.45) is 1.74. The highest BCUT2D eigenvalue weighted by molar-refractivity contribution is 9.09. The summed E-state index contributed by atoms with van der Waals surface area (Å²) in [6, 6.07) is 8.70. The predicted molar refractivity (Wildman–Crippen MR) is 75.7 cm³/mol. The van der Waals surface area contributed by atoms with Gasteiger partial charge in [0.2, 0.25) is 0 Å². The van der Waals surface area contributed by atoms with Crippen LogP contribution in [0.5, 0.6) is 0 Å². The molecule has 0 unspecified atom stereocenters. The molecule has 0 saturated carbocycles. The highest BCUT2D eigenvalue weighted by Crippen LogP contribution is 2.19. The van der Waals surface area contributed by atoms with Crippen LogP contribution >= 0.6 is 15.9 Å². The van der Waals surface area contributed by atoms with E-state index in [-0.39, 0.29) is 11.4 Å². The molecule has 18 heavy (non-hydrogen) atoms. The van der Waals surface area contributed by atoms with Gasteiger partial charge < -0.3 is 5.32 Å². The number of carbonyl (C=O) groups excluding carboxylic acids is 1. The van der Waals surface area contributed by atoms with E-state index in [0.29, 0.717) is 11.1 Å². The molecule has 96 valence electrons. The molecule has 0 spiro atoms. The van der Waals surface area contributed by atoms with Gasteiger partial charge in [0.25, 0.3) is 5.91 Å². The first-order chi connectivity index (χ1) is 8.60. The molecule has 0 saturated heterocycles. The molecule has 0 radical (unpaired) electrons. The van der Waals surface area contributed by atoms with Crippen LogP contribution in [0.4, 0.5) is 0 Å². The van der Waals surface area contributed by atoms with Crippen molar-refractivity contribution < 1.29 is 4.79 Å². The van der Waals surface area contributed by atoms with E-state index in [2.05, 4.69) is 35.1 Å². The van der Waals surface area contributed by atoms with Crippen molar-refractivity contribution in [2.75, 3.05) is 5.33 Å². The average Bonchev–Trinajstić information content (AvgIpc) is 2.45. The Bertz CT molecular complexity index is 436. The topological polar surface area (TPSA) is 52.9 Å². The van der Waals surface area contributed by atoms with Crippen LogP contribution in [0.3, 0.4) is 0 Å². The van der Waals surface area contributed by atoms with Crippen molar-refractivity contribution in [2.24, 2.45) is 0 Å². The molecule has 1 N–H and O–H groups in total. The smallest absolute Gasteiger partial charge is 0.251 e. The molecule has 1 amide bonds. The second-order valence-corrected chi connectivity index (χ2v) is 4.83. The fraction of sp³-hybridized carbons (Fsp3) is 0.429. The Balaban J connectivity index is 2.84. The standard InChI is InChI=1S/C14H17BrN2O/c1-3-14(4-2,10-15)17-13(18)12-7-5-11(9-16)6-8-12/h5-8H,3-4,10H2,1-2H3,(H,17,18). The van der Waals surface area contributed by atoms with Crippen molar-refractivity contribution in [3.63, 3.8) is 0 Å². The maximum absolute atomic E-state index is 12.1. The Morgan fingerprint density at radius 2 is 1.89 bits per heavy atom. The molecule has 0 aliphatic heterocycles. The number of halogens is 1. The Morgan fingerprint density at radius 1 is 1.33 bits per heavy atom. The first kappa shape index (κ1) is 14.7. The third-order valence-corrected chi connectivity index (χ3v) is 4.34. The van der Waals surface area contributed by atoms with Gasteiger partial charge in [0.15, 0.2) is 0 Å². The van der Waals surface area contributed by atoms with E-state index in [1.807, 2.05) is 6.07 Å². The summed E-state index contributed by atoms with van der Waals surface area (Å²) >= 11 is 3.46. The van der Waals surface area contributed by atoms with Crippen molar-refractivity contribution in [3.05, 3.63) is 35.4 Å². The van der Waals surface area contributed by atoms with Gasteiger partial charge >= 0.3 is 0 Å². The van der Waals surface area contributed by atoms with Crippen LogP contribution in [0, 0.1) is 11.3 Å². The molecule has 0 fully saturated rings. The highest BCUT2D eigenvalue weighted by Gasteiger charge is 2.27. The second kappa shape index (κ2) is 6.55. The van der Waals surface area contributed by atoms with Crippen LogP contribution in [-0.4, -0.2) is 16.8 Å². The zero-order valence-corrected chi connectivity index (χ0v) is 12.3. The maximum atomic E-state index is 12.1. The van der Waals surface area contributed by atoms with Crippen molar-refractivity contribution in [1.29, 1.82) is 5.26 Å². The number of nitrogens with one attached hydrogen (secondary N) is 1. The molecule has 0 aromatic heterocycles. The van der Waals surface area contributed by atoms with Crippen molar-refractivity contribution >= 4 is 21.8 Å². The fourth-order valence-electron chi connectivity index (χ4n) is 1.66. The molecular weight excluding hydrogens is 292 g/mol. The molecule has 3 nitrogen and oxygen atoms in total. The molecule has 1 aromatic rings. The van der Waals surface area contributed by atoms with Gasteiger partial charge in [-0.15, -0.1) is 0 Å². The monoisotopic (exact) mass is 308 g/mol. The summed E-state index contributed by atoms with van der Waals surface area (Å²) in [5.41, 5.74) is 0.941. The van der Waals surface area contributed by atoms with E-state index in [1.165, 1.54) is 0 Å². The molecule has 4 heteroatoms. The zero-order chi connectivity index (χ0) is 13.6. The minimum atomic E-state index is -0.203. The number of benzene rings is 1. The maximum Gasteiger partial charge on any atom is 0.251 e. The van der Waals surface area contributed by atoms with Crippen LogP contribution in [0.1, 0.15) is 42.6 Å². The third kappa shape index (κ3) is 3.33. The summed E-state index contributed by atoms with van der Waals surface area (Å²) in [6.45, 7) is 4.12. The van der Waals surface area contributed by atoms with Crippen molar-refractivity contribution in [2.45, 2.75) is 32.2 Å². The number of amides is 1. The summed E-state index contributed by atoms with van der Waals surface area (Å²) in [5, 5.41) is 12.5. The number of nitriles is 1. The highest BCUT2D eigenvalue weighted by atomic mass is 79.9. The quantitative estimate of drug-likeness (QED) is 0.849. The first-order valence-electron chi connectivity index (χ1n) is 5.99. The minimum absolute atomic E-state index is 0.0948. The molecular formula is C14H17BrN2O. The summed E-state index contributed by atoms with van der Waals surface area (Å²) in [4.78, 5) is 12.1. The predicted octanol–water partition coefficient (Wildman–Crippen LogP) is 3.24. The number of hydrogen-bond acceptors (Lipinski definition) is 2. The van der Waals surface area contributed by atoms with Gasteiger partial charge in [-0.2, -0.15) is 5.26 Å².